The Labute approximate surface area is 185 Å². The molecule has 0 bridgehead atoms. The number of aromatic nitrogens is 3. The van der Waals surface area contributed by atoms with Gasteiger partial charge >= 0.3 is 0 Å². The molecule has 1 unspecified atom stereocenters. The first-order valence-corrected chi connectivity index (χ1v) is 11.2. The van der Waals surface area contributed by atoms with E-state index in [2.05, 4.69) is 23.2 Å². The fourth-order valence-corrected chi connectivity index (χ4v) is 4.21. The first-order valence-electron chi connectivity index (χ1n) is 10.2. The van der Waals surface area contributed by atoms with E-state index in [9.17, 15) is 5.11 Å². The van der Waals surface area contributed by atoms with Crippen molar-refractivity contribution in [1.82, 2.24) is 14.8 Å². The summed E-state index contributed by atoms with van der Waals surface area (Å²) in [6.45, 7) is 3.01. The average molecular weight is 436 g/mol. The zero-order valence-electron chi connectivity index (χ0n) is 17.6. The Bertz CT molecular complexity index is 1140. The number of hydrogen-bond donors (Lipinski definition) is 1. The van der Waals surface area contributed by atoms with Crippen molar-refractivity contribution in [3.05, 3.63) is 66.7 Å². The Morgan fingerprint density at radius 1 is 0.968 bits per heavy atom. The molecule has 7 heteroatoms. The van der Waals surface area contributed by atoms with Gasteiger partial charge in [-0.3, -0.25) is 0 Å². The number of fused-ring (bicyclic) bond motifs is 1. The Morgan fingerprint density at radius 3 is 2.45 bits per heavy atom. The van der Waals surface area contributed by atoms with E-state index >= 15 is 0 Å². The summed E-state index contributed by atoms with van der Waals surface area (Å²) >= 11 is 1.48. The molecule has 0 amide bonds. The van der Waals surface area contributed by atoms with E-state index in [1.807, 2.05) is 65.2 Å². The van der Waals surface area contributed by atoms with Crippen LogP contribution >= 0.6 is 11.8 Å². The van der Waals surface area contributed by atoms with Gasteiger partial charge in [-0.05, 0) is 54.1 Å². The number of aliphatic hydroxyl groups is 1. The summed E-state index contributed by atoms with van der Waals surface area (Å²) in [7, 11) is 1.65. The van der Waals surface area contributed by atoms with Crippen LogP contribution in [-0.4, -0.2) is 45.4 Å². The third kappa shape index (κ3) is 5.00. The van der Waals surface area contributed by atoms with Crippen molar-refractivity contribution >= 4 is 22.5 Å². The zero-order chi connectivity index (χ0) is 21.6. The highest BCUT2D eigenvalue weighted by atomic mass is 32.2. The maximum absolute atomic E-state index is 10.4. The largest absolute Gasteiger partial charge is 0.497 e. The lowest BCUT2D eigenvalue weighted by Gasteiger charge is -2.13. The molecule has 6 nitrogen and oxygen atoms in total. The van der Waals surface area contributed by atoms with Gasteiger partial charge in [0, 0.05) is 17.9 Å². The molecular weight excluding hydrogens is 410 g/mol. The molecule has 0 aliphatic carbocycles. The van der Waals surface area contributed by atoms with E-state index in [0.717, 1.165) is 45.4 Å². The van der Waals surface area contributed by atoms with Crippen LogP contribution in [0, 0.1) is 0 Å². The van der Waals surface area contributed by atoms with E-state index in [0.29, 0.717) is 5.75 Å². The second-order valence-corrected chi connectivity index (χ2v) is 8.05. The minimum Gasteiger partial charge on any atom is -0.497 e. The van der Waals surface area contributed by atoms with Crippen LogP contribution in [0.1, 0.15) is 6.92 Å². The molecule has 4 aromatic rings. The molecular formula is C24H25N3O3S. The highest BCUT2D eigenvalue weighted by Crippen LogP contribution is 2.26. The highest BCUT2D eigenvalue weighted by molar-refractivity contribution is 7.99. The molecule has 1 N–H and O–H groups in total. The molecule has 0 radical (unpaired) electrons. The van der Waals surface area contributed by atoms with Crippen LogP contribution in [0.5, 0.6) is 11.5 Å². The lowest BCUT2D eigenvalue weighted by atomic mass is 10.1. The van der Waals surface area contributed by atoms with Crippen LogP contribution in [0.2, 0.25) is 0 Å². The number of ether oxygens (including phenoxy) is 2. The molecule has 0 saturated heterocycles. The standard InChI is InChI=1S/C24H25N3O3S/c1-3-27-23(18-9-11-21(29-2)12-10-18)25-26-24(27)31-16-20(28)15-30-22-13-8-17-6-4-5-7-19(17)14-22/h4-14,20,28H,3,15-16H2,1-2H3. The number of nitrogens with zero attached hydrogens (tertiary/aromatic N) is 3. The normalized spacial score (nSPS) is 12.1. The van der Waals surface area contributed by atoms with E-state index in [1.54, 1.807) is 7.11 Å². The number of methoxy groups -OCH3 is 1. The van der Waals surface area contributed by atoms with Crippen molar-refractivity contribution in [2.75, 3.05) is 19.5 Å². The minimum absolute atomic E-state index is 0.219. The van der Waals surface area contributed by atoms with Gasteiger partial charge in [0.2, 0.25) is 0 Å². The van der Waals surface area contributed by atoms with Gasteiger partial charge in [0.1, 0.15) is 18.1 Å². The van der Waals surface area contributed by atoms with Gasteiger partial charge < -0.3 is 19.1 Å². The molecule has 0 aliphatic rings. The van der Waals surface area contributed by atoms with Gasteiger partial charge in [-0.1, -0.05) is 42.1 Å². The summed E-state index contributed by atoms with van der Waals surface area (Å²) in [4.78, 5) is 0. The van der Waals surface area contributed by atoms with Crippen LogP contribution in [-0.2, 0) is 6.54 Å². The summed E-state index contributed by atoms with van der Waals surface area (Å²) in [6, 6.07) is 21.8. The smallest absolute Gasteiger partial charge is 0.191 e. The molecule has 3 aromatic carbocycles. The van der Waals surface area contributed by atoms with Crippen LogP contribution in [0.25, 0.3) is 22.2 Å². The van der Waals surface area contributed by atoms with Gasteiger partial charge in [0.05, 0.1) is 13.2 Å². The van der Waals surface area contributed by atoms with Gasteiger partial charge in [-0.2, -0.15) is 0 Å². The maximum atomic E-state index is 10.4. The lowest BCUT2D eigenvalue weighted by Crippen LogP contribution is -2.20. The number of rotatable bonds is 9. The zero-order valence-corrected chi connectivity index (χ0v) is 18.4. The minimum atomic E-state index is -0.622. The molecule has 0 fully saturated rings. The van der Waals surface area contributed by atoms with Gasteiger partial charge in [-0.15, -0.1) is 10.2 Å². The monoisotopic (exact) mass is 435 g/mol. The van der Waals surface area contributed by atoms with Crippen LogP contribution in [0.4, 0.5) is 0 Å². The predicted molar refractivity (Wildman–Crippen MR) is 124 cm³/mol. The van der Waals surface area contributed by atoms with Crippen molar-refractivity contribution in [2.45, 2.75) is 24.7 Å². The fraction of sp³-hybridized carbons (Fsp3) is 0.250. The number of benzene rings is 3. The third-order valence-electron chi connectivity index (χ3n) is 4.95. The van der Waals surface area contributed by atoms with Crippen molar-refractivity contribution < 1.29 is 14.6 Å². The molecule has 1 aromatic heterocycles. The molecule has 1 heterocycles. The molecule has 31 heavy (non-hydrogen) atoms. The van der Waals surface area contributed by atoms with Crippen molar-refractivity contribution in [3.63, 3.8) is 0 Å². The Balaban J connectivity index is 1.36. The molecule has 0 spiro atoms. The molecule has 4 rings (SSSR count). The Morgan fingerprint density at radius 2 is 1.71 bits per heavy atom. The van der Waals surface area contributed by atoms with Gasteiger partial charge in [0.15, 0.2) is 11.0 Å². The highest BCUT2D eigenvalue weighted by Gasteiger charge is 2.15. The first-order chi connectivity index (χ1) is 15.2. The average Bonchev–Trinajstić information content (AvgIpc) is 3.24. The Hall–Kier alpha value is -3.03. The maximum Gasteiger partial charge on any atom is 0.191 e. The van der Waals surface area contributed by atoms with Crippen molar-refractivity contribution in [3.8, 4) is 22.9 Å². The molecule has 0 saturated carbocycles. The second kappa shape index (κ2) is 9.85. The van der Waals surface area contributed by atoms with Crippen molar-refractivity contribution in [1.29, 1.82) is 0 Å². The molecule has 160 valence electrons. The Kier molecular flexibility index (Phi) is 6.74. The topological polar surface area (TPSA) is 69.4 Å². The fourth-order valence-electron chi connectivity index (χ4n) is 3.30. The summed E-state index contributed by atoms with van der Waals surface area (Å²) < 4.78 is 13.1. The predicted octanol–water partition coefficient (Wildman–Crippen LogP) is 4.66. The summed E-state index contributed by atoms with van der Waals surface area (Å²) in [5, 5.41) is 22.1. The third-order valence-corrected chi connectivity index (χ3v) is 6.06. The number of thioether (sulfide) groups is 1. The number of aliphatic hydroxyl groups excluding tert-OH is 1. The van der Waals surface area contributed by atoms with Crippen LogP contribution in [0.15, 0.2) is 71.9 Å². The van der Waals surface area contributed by atoms with E-state index in [4.69, 9.17) is 9.47 Å². The summed E-state index contributed by atoms with van der Waals surface area (Å²) in [5.74, 6) is 2.82. The van der Waals surface area contributed by atoms with Gasteiger partial charge in [-0.25, -0.2) is 0 Å². The summed E-state index contributed by atoms with van der Waals surface area (Å²) in [5.41, 5.74) is 0.974. The number of hydrogen-bond acceptors (Lipinski definition) is 6. The summed E-state index contributed by atoms with van der Waals surface area (Å²) in [6.07, 6.45) is -0.622. The van der Waals surface area contributed by atoms with Crippen LogP contribution in [0.3, 0.4) is 0 Å². The van der Waals surface area contributed by atoms with E-state index in [1.165, 1.54) is 11.8 Å². The van der Waals surface area contributed by atoms with Gasteiger partial charge in [0.25, 0.3) is 0 Å². The quantitative estimate of drug-likeness (QED) is 0.386. The van der Waals surface area contributed by atoms with Crippen molar-refractivity contribution in [2.24, 2.45) is 0 Å². The first kappa shape index (κ1) is 21.2. The molecule has 0 aliphatic heterocycles. The lowest BCUT2D eigenvalue weighted by molar-refractivity contribution is 0.126. The van der Waals surface area contributed by atoms with Crippen LogP contribution < -0.4 is 9.47 Å². The van der Waals surface area contributed by atoms with E-state index < -0.39 is 6.10 Å². The van der Waals surface area contributed by atoms with E-state index in [-0.39, 0.29) is 6.61 Å². The second-order valence-electron chi connectivity index (χ2n) is 7.06. The SMILES string of the molecule is CCn1c(SCC(O)COc2ccc3ccccc3c2)nnc1-c1ccc(OC)cc1. The molecule has 1 atom stereocenters.